The maximum absolute atomic E-state index is 12.5. The van der Waals surface area contributed by atoms with E-state index in [0.29, 0.717) is 16.9 Å². The highest BCUT2D eigenvalue weighted by Gasteiger charge is 2.15. The molecule has 0 unspecified atom stereocenters. The van der Waals surface area contributed by atoms with Crippen molar-refractivity contribution in [3.05, 3.63) is 84.4 Å². The molecule has 0 aliphatic carbocycles. The maximum atomic E-state index is 12.5. The Labute approximate surface area is 168 Å². The van der Waals surface area contributed by atoms with Gasteiger partial charge < -0.3 is 15.4 Å². The Morgan fingerprint density at radius 1 is 0.857 bits per heavy atom. The Bertz CT molecular complexity index is 961. The third kappa shape index (κ3) is 5.14. The first-order valence-corrected chi connectivity index (χ1v) is 9.91. The molecule has 0 fully saturated rings. The van der Waals surface area contributed by atoms with Crippen LogP contribution in [0.1, 0.15) is 10.4 Å². The number of anilines is 3. The summed E-state index contributed by atoms with van der Waals surface area (Å²) in [6.07, 6.45) is 1.93. The summed E-state index contributed by atoms with van der Waals surface area (Å²) in [5.41, 5.74) is 2.53. The van der Waals surface area contributed by atoms with Crippen LogP contribution >= 0.6 is 11.8 Å². The summed E-state index contributed by atoms with van der Waals surface area (Å²) in [7, 11) is 0. The summed E-state index contributed by atoms with van der Waals surface area (Å²) >= 11 is 1.53. The molecule has 142 valence electrons. The van der Waals surface area contributed by atoms with Crippen molar-refractivity contribution < 1.29 is 14.3 Å². The van der Waals surface area contributed by atoms with Gasteiger partial charge in [-0.3, -0.25) is 4.79 Å². The van der Waals surface area contributed by atoms with E-state index in [4.69, 9.17) is 4.74 Å². The number of nitrogens with one attached hydrogen (secondary N) is 2. The minimum absolute atomic E-state index is 0.360. The van der Waals surface area contributed by atoms with E-state index >= 15 is 0 Å². The van der Waals surface area contributed by atoms with Crippen LogP contribution in [0.15, 0.2) is 83.8 Å². The number of hydrogen-bond donors (Lipinski definition) is 2. The second-order valence-corrected chi connectivity index (χ2v) is 6.71. The second-order valence-electron chi connectivity index (χ2n) is 5.86. The zero-order valence-electron chi connectivity index (χ0n) is 15.3. The molecule has 1 amide bonds. The van der Waals surface area contributed by atoms with Crippen LogP contribution in [0.3, 0.4) is 0 Å². The first-order chi connectivity index (χ1) is 13.7. The van der Waals surface area contributed by atoms with Gasteiger partial charge in [-0.05, 0) is 42.7 Å². The molecule has 28 heavy (non-hydrogen) atoms. The van der Waals surface area contributed by atoms with Crippen molar-refractivity contribution in [1.82, 2.24) is 0 Å². The number of thioether (sulfide) groups is 1. The lowest BCUT2D eigenvalue weighted by molar-refractivity contribution is -0.119. The van der Waals surface area contributed by atoms with Gasteiger partial charge in [-0.1, -0.05) is 42.5 Å². The molecule has 2 N–H and O–H groups in total. The first-order valence-electron chi connectivity index (χ1n) is 8.68. The third-order valence-electron chi connectivity index (χ3n) is 3.92. The van der Waals surface area contributed by atoms with Crippen molar-refractivity contribution in [3.8, 4) is 0 Å². The van der Waals surface area contributed by atoms with Crippen LogP contribution in [-0.4, -0.2) is 24.7 Å². The third-order valence-corrected chi connectivity index (χ3v) is 4.71. The summed E-state index contributed by atoms with van der Waals surface area (Å²) in [5.74, 6) is -0.948. The quantitative estimate of drug-likeness (QED) is 0.440. The van der Waals surface area contributed by atoms with E-state index in [9.17, 15) is 9.59 Å². The SMILES string of the molecule is CSc1ccccc1NC(=O)COC(=O)c1ccccc1Nc1ccccc1. The van der Waals surface area contributed by atoms with E-state index in [0.717, 1.165) is 10.6 Å². The topological polar surface area (TPSA) is 67.4 Å². The van der Waals surface area contributed by atoms with Crippen LogP contribution in [0.5, 0.6) is 0 Å². The lowest BCUT2D eigenvalue weighted by atomic mass is 10.1. The van der Waals surface area contributed by atoms with Crippen LogP contribution < -0.4 is 10.6 Å². The highest BCUT2D eigenvalue weighted by molar-refractivity contribution is 7.98. The molecule has 3 aromatic rings. The Hall–Kier alpha value is -3.25. The maximum Gasteiger partial charge on any atom is 0.340 e. The van der Waals surface area contributed by atoms with Gasteiger partial charge in [-0.25, -0.2) is 4.79 Å². The van der Waals surface area contributed by atoms with Crippen molar-refractivity contribution in [1.29, 1.82) is 0 Å². The van der Waals surface area contributed by atoms with E-state index in [2.05, 4.69) is 10.6 Å². The fourth-order valence-corrected chi connectivity index (χ4v) is 3.14. The number of esters is 1. The Balaban J connectivity index is 1.63. The fraction of sp³-hybridized carbons (Fsp3) is 0.0909. The molecular weight excluding hydrogens is 372 g/mol. The molecule has 0 spiro atoms. The van der Waals surface area contributed by atoms with Gasteiger partial charge in [0.15, 0.2) is 6.61 Å². The fourth-order valence-electron chi connectivity index (χ4n) is 2.59. The molecule has 3 rings (SSSR count). The molecule has 0 heterocycles. The monoisotopic (exact) mass is 392 g/mol. The number of para-hydroxylation sites is 3. The van der Waals surface area contributed by atoms with Gasteiger partial charge in [-0.2, -0.15) is 0 Å². The van der Waals surface area contributed by atoms with E-state index in [1.165, 1.54) is 11.8 Å². The summed E-state index contributed by atoms with van der Waals surface area (Å²) in [4.78, 5) is 25.6. The molecule has 0 bridgehead atoms. The largest absolute Gasteiger partial charge is 0.452 e. The Kier molecular flexibility index (Phi) is 6.70. The van der Waals surface area contributed by atoms with Gasteiger partial charge >= 0.3 is 5.97 Å². The molecule has 0 aliphatic rings. The standard InChI is InChI=1S/C22H20N2O3S/c1-28-20-14-8-7-13-19(20)24-21(25)15-27-22(26)17-11-5-6-12-18(17)23-16-9-3-2-4-10-16/h2-14,23H,15H2,1H3,(H,24,25). The van der Waals surface area contributed by atoms with Crippen molar-refractivity contribution >= 4 is 40.7 Å². The van der Waals surface area contributed by atoms with E-state index < -0.39 is 5.97 Å². The number of carbonyl (C=O) groups is 2. The number of hydrogen-bond acceptors (Lipinski definition) is 5. The van der Waals surface area contributed by atoms with E-state index in [-0.39, 0.29) is 12.5 Å². The summed E-state index contributed by atoms with van der Waals surface area (Å²) in [5, 5.41) is 5.96. The highest BCUT2D eigenvalue weighted by atomic mass is 32.2. The Morgan fingerprint density at radius 3 is 2.25 bits per heavy atom. The lowest BCUT2D eigenvalue weighted by Crippen LogP contribution is -2.21. The number of ether oxygens (including phenoxy) is 1. The van der Waals surface area contributed by atoms with Gasteiger partial charge in [0.1, 0.15) is 0 Å². The number of benzene rings is 3. The average Bonchev–Trinajstić information content (AvgIpc) is 2.73. The van der Waals surface area contributed by atoms with E-state index in [1.54, 1.807) is 18.2 Å². The molecule has 0 saturated heterocycles. The Morgan fingerprint density at radius 2 is 1.50 bits per heavy atom. The van der Waals surface area contributed by atoms with Gasteiger partial charge in [0.2, 0.25) is 0 Å². The molecule has 6 heteroatoms. The van der Waals surface area contributed by atoms with Gasteiger partial charge in [0.25, 0.3) is 5.91 Å². The van der Waals surface area contributed by atoms with Crippen LogP contribution in [0.2, 0.25) is 0 Å². The van der Waals surface area contributed by atoms with Crippen LogP contribution in [0.4, 0.5) is 17.1 Å². The summed E-state index contributed by atoms with van der Waals surface area (Å²) < 4.78 is 5.22. The lowest BCUT2D eigenvalue weighted by Gasteiger charge is -2.12. The summed E-state index contributed by atoms with van der Waals surface area (Å²) in [6, 6.07) is 24.0. The molecule has 5 nitrogen and oxygen atoms in total. The smallest absolute Gasteiger partial charge is 0.340 e. The normalized spacial score (nSPS) is 10.2. The minimum atomic E-state index is -0.563. The zero-order chi connectivity index (χ0) is 19.8. The summed E-state index contributed by atoms with van der Waals surface area (Å²) in [6.45, 7) is -0.360. The predicted molar refractivity (Wildman–Crippen MR) is 113 cm³/mol. The van der Waals surface area contributed by atoms with Crippen molar-refractivity contribution in [2.75, 3.05) is 23.5 Å². The first kappa shape index (κ1) is 19.5. The molecule has 0 aromatic heterocycles. The molecule has 0 radical (unpaired) electrons. The predicted octanol–water partition coefficient (Wildman–Crippen LogP) is 4.95. The van der Waals surface area contributed by atoms with Crippen LogP contribution in [0.25, 0.3) is 0 Å². The highest BCUT2D eigenvalue weighted by Crippen LogP contribution is 2.25. The van der Waals surface area contributed by atoms with Crippen molar-refractivity contribution in [2.24, 2.45) is 0 Å². The second kappa shape index (κ2) is 9.62. The minimum Gasteiger partial charge on any atom is -0.452 e. The molecule has 0 atom stereocenters. The van der Waals surface area contributed by atoms with Crippen LogP contribution in [-0.2, 0) is 9.53 Å². The van der Waals surface area contributed by atoms with E-state index in [1.807, 2.05) is 66.9 Å². The molecule has 0 saturated carbocycles. The van der Waals surface area contributed by atoms with Gasteiger partial charge in [-0.15, -0.1) is 11.8 Å². The van der Waals surface area contributed by atoms with Crippen molar-refractivity contribution in [2.45, 2.75) is 4.90 Å². The van der Waals surface area contributed by atoms with Gasteiger partial charge in [0.05, 0.1) is 16.9 Å². The van der Waals surface area contributed by atoms with Crippen molar-refractivity contribution in [3.63, 3.8) is 0 Å². The molecule has 0 aliphatic heterocycles. The molecular formula is C22H20N2O3S. The molecule has 3 aromatic carbocycles. The van der Waals surface area contributed by atoms with Crippen LogP contribution in [0, 0.1) is 0 Å². The average molecular weight is 392 g/mol. The zero-order valence-corrected chi connectivity index (χ0v) is 16.2. The van der Waals surface area contributed by atoms with Gasteiger partial charge in [0, 0.05) is 10.6 Å². The number of amides is 1. The number of carbonyl (C=O) groups excluding carboxylic acids is 2. The number of rotatable bonds is 7.